The summed E-state index contributed by atoms with van der Waals surface area (Å²) >= 11 is 1.80. The van der Waals surface area contributed by atoms with Gasteiger partial charge in [-0.2, -0.15) is 0 Å². The lowest BCUT2D eigenvalue weighted by Gasteiger charge is -2.33. The fraction of sp³-hybridized carbons (Fsp3) is 0.542. The van der Waals surface area contributed by atoms with Crippen molar-refractivity contribution in [2.45, 2.75) is 53.1 Å². The summed E-state index contributed by atoms with van der Waals surface area (Å²) in [7, 11) is 0. The molecule has 5 heteroatoms. The first kappa shape index (κ1) is 22.0. The van der Waals surface area contributed by atoms with Gasteiger partial charge < -0.3 is 4.90 Å². The minimum absolute atomic E-state index is 0.0173. The Morgan fingerprint density at radius 1 is 1.24 bits per heavy atom. The molecule has 29 heavy (non-hydrogen) atoms. The van der Waals surface area contributed by atoms with Crippen LogP contribution in [0.5, 0.6) is 0 Å². The molecule has 1 aliphatic heterocycles. The van der Waals surface area contributed by atoms with Gasteiger partial charge in [0.15, 0.2) is 0 Å². The SMILES string of the molecule is Cc1ccsc1CN1C[C@@H](CN(C(=O)C(C)C)C(C)C)[C@H](c2cccc(F)c2)C1. The van der Waals surface area contributed by atoms with Crippen LogP contribution in [0, 0.1) is 24.6 Å². The van der Waals surface area contributed by atoms with Crippen molar-refractivity contribution in [3.63, 3.8) is 0 Å². The molecule has 0 aliphatic carbocycles. The molecule has 1 aromatic heterocycles. The van der Waals surface area contributed by atoms with E-state index < -0.39 is 0 Å². The second-order valence-electron chi connectivity index (χ2n) is 8.88. The molecular weight excluding hydrogens is 383 g/mol. The quantitative estimate of drug-likeness (QED) is 0.611. The first-order valence-corrected chi connectivity index (χ1v) is 11.5. The molecule has 0 bridgehead atoms. The topological polar surface area (TPSA) is 23.6 Å². The minimum Gasteiger partial charge on any atom is -0.340 e. The molecule has 0 unspecified atom stereocenters. The smallest absolute Gasteiger partial charge is 0.225 e. The van der Waals surface area contributed by atoms with Gasteiger partial charge in [-0.1, -0.05) is 26.0 Å². The van der Waals surface area contributed by atoms with Crippen LogP contribution in [-0.4, -0.2) is 41.4 Å². The highest BCUT2D eigenvalue weighted by molar-refractivity contribution is 7.10. The van der Waals surface area contributed by atoms with E-state index in [-0.39, 0.29) is 29.6 Å². The molecule has 0 N–H and O–H groups in total. The number of carbonyl (C=O) groups excluding carboxylic acids is 1. The van der Waals surface area contributed by atoms with Crippen molar-refractivity contribution in [2.24, 2.45) is 11.8 Å². The Bertz CT molecular complexity index is 832. The standard InChI is InChI=1S/C24H33FN2OS/c1-16(2)24(28)27(17(3)4)13-20-12-26(15-23-18(5)9-10-29-23)14-22(20)19-7-6-8-21(25)11-19/h6-11,16-17,20,22H,12-15H2,1-5H3/t20-,22-/m0/s1. The number of amides is 1. The molecule has 1 saturated heterocycles. The normalized spacial score (nSPS) is 20.0. The lowest BCUT2D eigenvalue weighted by atomic mass is 9.88. The monoisotopic (exact) mass is 416 g/mol. The highest BCUT2D eigenvalue weighted by Gasteiger charge is 2.37. The average Bonchev–Trinajstić information content (AvgIpc) is 3.25. The van der Waals surface area contributed by atoms with Crippen LogP contribution in [0.4, 0.5) is 4.39 Å². The molecule has 3 rings (SSSR count). The Balaban J connectivity index is 1.84. The van der Waals surface area contributed by atoms with Gasteiger partial charge in [-0.15, -0.1) is 11.3 Å². The second kappa shape index (κ2) is 9.40. The van der Waals surface area contributed by atoms with Gasteiger partial charge in [0.1, 0.15) is 5.82 Å². The van der Waals surface area contributed by atoms with Crippen molar-refractivity contribution in [3.8, 4) is 0 Å². The lowest BCUT2D eigenvalue weighted by Crippen LogP contribution is -2.43. The van der Waals surface area contributed by atoms with Crippen LogP contribution >= 0.6 is 11.3 Å². The summed E-state index contributed by atoms with van der Waals surface area (Å²) < 4.78 is 14.0. The van der Waals surface area contributed by atoms with E-state index in [0.717, 1.165) is 31.7 Å². The largest absolute Gasteiger partial charge is 0.340 e. The molecule has 2 heterocycles. The van der Waals surface area contributed by atoms with E-state index in [0.29, 0.717) is 5.92 Å². The maximum atomic E-state index is 14.0. The number of halogens is 1. The van der Waals surface area contributed by atoms with E-state index >= 15 is 0 Å². The van der Waals surface area contributed by atoms with Gasteiger partial charge in [-0.05, 0) is 61.4 Å². The third kappa shape index (κ3) is 5.26. The first-order valence-electron chi connectivity index (χ1n) is 10.6. The van der Waals surface area contributed by atoms with E-state index in [2.05, 4.69) is 37.1 Å². The van der Waals surface area contributed by atoms with Crippen molar-refractivity contribution >= 4 is 17.2 Å². The van der Waals surface area contributed by atoms with Crippen LogP contribution in [0.1, 0.15) is 49.6 Å². The Kier molecular flexibility index (Phi) is 7.12. The van der Waals surface area contributed by atoms with E-state index in [1.54, 1.807) is 23.5 Å². The molecule has 1 fully saturated rings. The number of likely N-dealkylation sites (tertiary alicyclic amines) is 1. The molecule has 2 aromatic rings. The predicted octanol–water partition coefficient (Wildman–Crippen LogP) is 5.30. The van der Waals surface area contributed by atoms with Crippen molar-refractivity contribution in [1.82, 2.24) is 9.80 Å². The minimum atomic E-state index is -0.187. The highest BCUT2D eigenvalue weighted by Crippen LogP contribution is 2.35. The molecule has 2 atom stereocenters. The van der Waals surface area contributed by atoms with Gasteiger partial charge in [-0.25, -0.2) is 4.39 Å². The number of thiophene rings is 1. The van der Waals surface area contributed by atoms with Gasteiger partial charge in [-0.3, -0.25) is 9.69 Å². The number of rotatable bonds is 7. The zero-order valence-electron chi connectivity index (χ0n) is 18.2. The van der Waals surface area contributed by atoms with Gasteiger partial charge in [0.25, 0.3) is 0 Å². The molecule has 3 nitrogen and oxygen atoms in total. The number of carbonyl (C=O) groups is 1. The van der Waals surface area contributed by atoms with Crippen molar-refractivity contribution in [2.75, 3.05) is 19.6 Å². The third-order valence-corrected chi connectivity index (χ3v) is 6.97. The van der Waals surface area contributed by atoms with Gasteiger partial charge in [0.2, 0.25) is 5.91 Å². The van der Waals surface area contributed by atoms with Crippen molar-refractivity contribution in [1.29, 1.82) is 0 Å². The summed E-state index contributed by atoms with van der Waals surface area (Å²) in [6.45, 7) is 13.7. The molecule has 1 aliphatic rings. The predicted molar refractivity (Wildman–Crippen MR) is 119 cm³/mol. The third-order valence-electron chi connectivity index (χ3n) is 5.96. The van der Waals surface area contributed by atoms with Crippen LogP contribution < -0.4 is 0 Å². The summed E-state index contributed by atoms with van der Waals surface area (Å²) in [5, 5.41) is 2.14. The van der Waals surface area contributed by atoms with Gasteiger partial charge in [0, 0.05) is 48.9 Å². The van der Waals surface area contributed by atoms with Crippen molar-refractivity contribution in [3.05, 3.63) is 57.5 Å². The fourth-order valence-corrected chi connectivity index (χ4v) is 5.25. The number of aryl methyl sites for hydroxylation is 1. The molecule has 0 saturated carbocycles. The number of benzene rings is 1. The van der Waals surface area contributed by atoms with E-state index in [4.69, 9.17) is 0 Å². The average molecular weight is 417 g/mol. The summed E-state index contributed by atoms with van der Waals surface area (Å²) in [6, 6.07) is 9.33. The van der Waals surface area contributed by atoms with Crippen LogP contribution in [0.2, 0.25) is 0 Å². The zero-order chi connectivity index (χ0) is 21.1. The van der Waals surface area contributed by atoms with Gasteiger partial charge in [0.05, 0.1) is 0 Å². The highest BCUT2D eigenvalue weighted by atomic mass is 32.1. The van der Waals surface area contributed by atoms with E-state index in [9.17, 15) is 9.18 Å². The van der Waals surface area contributed by atoms with Crippen LogP contribution in [0.25, 0.3) is 0 Å². The summed E-state index contributed by atoms with van der Waals surface area (Å²) in [4.78, 5) is 18.7. The Morgan fingerprint density at radius 3 is 2.59 bits per heavy atom. The Morgan fingerprint density at radius 2 is 2.00 bits per heavy atom. The molecule has 1 amide bonds. The van der Waals surface area contributed by atoms with Gasteiger partial charge >= 0.3 is 0 Å². The second-order valence-corrected chi connectivity index (χ2v) is 9.88. The maximum absolute atomic E-state index is 14.0. The van der Waals surface area contributed by atoms with Crippen molar-refractivity contribution < 1.29 is 9.18 Å². The fourth-order valence-electron chi connectivity index (χ4n) is 4.30. The van der Waals surface area contributed by atoms with Crippen LogP contribution in [0.15, 0.2) is 35.7 Å². The van der Waals surface area contributed by atoms with Crippen LogP contribution in [-0.2, 0) is 11.3 Å². The number of nitrogens with zero attached hydrogens (tertiary/aromatic N) is 2. The summed E-state index contributed by atoms with van der Waals surface area (Å²) in [6.07, 6.45) is 0. The number of hydrogen-bond acceptors (Lipinski definition) is 3. The van der Waals surface area contributed by atoms with E-state index in [1.165, 1.54) is 16.5 Å². The van der Waals surface area contributed by atoms with Crippen LogP contribution in [0.3, 0.4) is 0 Å². The Labute approximate surface area is 178 Å². The van der Waals surface area contributed by atoms with E-state index in [1.807, 2.05) is 24.8 Å². The summed E-state index contributed by atoms with van der Waals surface area (Å²) in [5.41, 5.74) is 2.38. The lowest BCUT2D eigenvalue weighted by molar-refractivity contribution is -0.136. The molecule has 0 spiro atoms. The molecular formula is C24H33FN2OS. The number of hydrogen-bond donors (Lipinski definition) is 0. The zero-order valence-corrected chi connectivity index (χ0v) is 19.0. The molecule has 158 valence electrons. The first-order chi connectivity index (χ1) is 13.8. The summed E-state index contributed by atoms with van der Waals surface area (Å²) in [5.74, 6) is 0.518. The maximum Gasteiger partial charge on any atom is 0.225 e. The Hall–Kier alpha value is -1.72. The molecule has 0 radical (unpaired) electrons. The molecule has 1 aromatic carbocycles.